The summed E-state index contributed by atoms with van der Waals surface area (Å²) in [7, 11) is 2.24. The number of anilines is 3. The van der Waals surface area contributed by atoms with Gasteiger partial charge in [-0.3, -0.25) is 0 Å². The molecule has 0 N–H and O–H groups in total. The Labute approximate surface area is 266 Å². The van der Waals surface area contributed by atoms with Crippen molar-refractivity contribution in [3.8, 4) is 50.8 Å². The topological polar surface area (TPSA) is 25.2 Å². The van der Waals surface area contributed by atoms with Crippen molar-refractivity contribution in [2.75, 3.05) is 4.90 Å². The van der Waals surface area contributed by atoms with Gasteiger partial charge in [-0.2, -0.15) is 9.13 Å². The first-order valence-electron chi connectivity index (χ1n) is 15.9. The van der Waals surface area contributed by atoms with Crippen LogP contribution in [0.5, 0.6) is 11.5 Å². The molecule has 7 aromatic rings. The molecule has 5 aromatic carbocycles. The number of benzene rings is 5. The Morgan fingerprint density at radius 3 is 2.20 bits per heavy atom. The van der Waals surface area contributed by atoms with Crippen LogP contribution in [-0.2, 0) is 12.6 Å². The zero-order valence-electron chi connectivity index (χ0n) is 25.4. The van der Waals surface area contributed by atoms with Crippen LogP contribution in [0.3, 0.4) is 0 Å². The number of pyridine rings is 1. The van der Waals surface area contributed by atoms with Gasteiger partial charge in [0, 0.05) is 24.6 Å². The van der Waals surface area contributed by atoms with Gasteiger partial charge in [0.15, 0.2) is 29.1 Å². The van der Waals surface area contributed by atoms with Gasteiger partial charge in [-0.25, -0.2) is 4.57 Å². The minimum Gasteiger partial charge on any atom is -0.453 e. The van der Waals surface area contributed by atoms with Crippen molar-refractivity contribution in [1.82, 2.24) is 4.57 Å². The smallest absolute Gasteiger partial charge is 0.346 e. The van der Waals surface area contributed by atoms with Crippen molar-refractivity contribution in [2.45, 2.75) is 12.5 Å². The summed E-state index contributed by atoms with van der Waals surface area (Å²) in [6.45, 7) is 2.27. The van der Waals surface area contributed by atoms with Crippen LogP contribution in [0, 0.1) is 6.92 Å². The van der Waals surface area contributed by atoms with Crippen molar-refractivity contribution in [2.24, 2.45) is 7.05 Å². The molecule has 4 aliphatic heterocycles. The molecule has 4 aliphatic rings. The minimum atomic E-state index is -0.572. The number of fused-ring (bicyclic) bond motifs is 7. The molecule has 6 heterocycles. The summed E-state index contributed by atoms with van der Waals surface area (Å²) in [5.41, 5.74) is 15.2. The predicted molar refractivity (Wildman–Crippen MR) is 178 cm³/mol. The molecule has 1 spiro atoms. The second kappa shape index (κ2) is 8.20. The highest BCUT2D eigenvalue weighted by Gasteiger charge is 2.72. The number of nitrogens with zero attached hydrogens (tertiary/aromatic N) is 4. The number of imidazole rings is 1. The molecular weight excluding hydrogens is 564 g/mol. The number of rotatable bonds is 2. The Balaban J connectivity index is 1.25. The summed E-state index contributed by atoms with van der Waals surface area (Å²) in [5, 5.41) is 0. The van der Waals surface area contributed by atoms with E-state index in [0.717, 1.165) is 22.9 Å². The lowest BCUT2D eigenvalue weighted by atomic mass is 9.77. The minimum absolute atomic E-state index is 0.572. The van der Waals surface area contributed by atoms with E-state index in [2.05, 4.69) is 166 Å². The van der Waals surface area contributed by atoms with Crippen molar-refractivity contribution in [3.63, 3.8) is 0 Å². The monoisotopic (exact) mass is 592 g/mol. The first-order chi connectivity index (χ1) is 22.7. The summed E-state index contributed by atoms with van der Waals surface area (Å²) in [4.78, 5) is 2.45. The molecule has 0 saturated heterocycles. The molecule has 216 valence electrons. The third-order valence-electron chi connectivity index (χ3n) is 10.5. The Hall–Kier alpha value is -5.94. The van der Waals surface area contributed by atoms with Crippen LogP contribution < -0.4 is 18.8 Å². The maximum Gasteiger partial charge on any atom is 0.346 e. The second-order valence-corrected chi connectivity index (χ2v) is 12.7. The highest BCUT2D eigenvalue weighted by molar-refractivity contribution is 5.99. The van der Waals surface area contributed by atoms with Crippen molar-refractivity contribution in [3.05, 3.63) is 156 Å². The lowest BCUT2D eigenvalue weighted by molar-refractivity contribution is -0.759. The summed E-state index contributed by atoms with van der Waals surface area (Å²) in [5.74, 6) is 3.00. The fourth-order valence-electron chi connectivity index (χ4n) is 8.91. The first kappa shape index (κ1) is 24.4. The molecule has 11 rings (SSSR count). The Morgan fingerprint density at radius 2 is 1.33 bits per heavy atom. The summed E-state index contributed by atoms with van der Waals surface area (Å²) < 4.78 is 14.2. The van der Waals surface area contributed by atoms with E-state index >= 15 is 0 Å². The van der Waals surface area contributed by atoms with Gasteiger partial charge in [0.2, 0.25) is 5.69 Å². The summed E-state index contributed by atoms with van der Waals surface area (Å²) in [6.07, 6.45) is 2.27. The number of aromatic nitrogens is 3. The van der Waals surface area contributed by atoms with E-state index in [1.807, 2.05) is 0 Å². The maximum atomic E-state index is 6.68. The molecule has 0 aliphatic carbocycles. The zero-order chi connectivity index (χ0) is 30.3. The lowest BCUT2D eigenvalue weighted by Gasteiger charge is -2.40. The molecule has 2 aromatic heterocycles. The Morgan fingerprint density at radius 1 is 0.609 bits per heavy atom. The summed E-state index contributed by atoms with van der Waals surface area (Å²) in [6, 6.07) is 45.8. The molecular formula is C41H28N4O+2. The van der Waals surface area contributed by atoms with Crippen LogP contribution in [0.4, 0.5) is 17.1 Å². The van der Waals surface area contributed by atoms with E-state index in [-0.39, 0.29) is 0 Å². The van der Waals surface area contributed by atoms with E-state index in [1.54, 1.807) is 0 Å². The Kier molecular flexibility index (Phi) is 4.35. The standard InChI is InChI=1S/C41H28N4O/c1-25-38(28-20-18-27(19-21-28)26-11-4-3-5-12-26)42(2)40-41-36-29(30-13-8-9-24-43(30)41)22-23-35-39(36)45(31-14-6-7-17-34(31)46-35)33-16-10-15-32(37(33)41)44(25)40/h3-24H,1-2H3/q+2. The van der Waals surface area contributed by atoms with Crippen molar-refractivity contribution < 1.29 is 13.9 Å². The molecule has 1 unspecified atom stereocenters. The van der Waals surface area contributed by atoms with E-state index in [9.17, 15) is 0 Å². The molecule has 5 heteroatoms. The van der Waals surface area contributed by atoms with Crippen molar-refractivity contribution >= 4 is 17.1 Å². The summed E-state index contributed by atoms with van der Waals surface area (Å²) >= 11 is 0. The predicted octanol–water partition coefficient (Wildman–Crippen LogP) is 8.25. The van der Waals surface area contributed by atoms with Gasteiger partial charge >= 0.3 is 11.4 Å². The zero-order valence-corrected chi connectivity index (χ0v) is 25.4. The van der Waals surface area contributed by atoms with Gasteiger partial charge in [-0.15, -0.1) is 0 Å². The van der Waals surface area contributed by atoms with Crippen LogP contribution in [0.15, 0.2) is 134 Å². The normalized spacial score (nSPS) is 16.7. The van der Waals surface area contributed by atoms with Gasteiger partial charge in [-0.1, -0.05) is 60.7 Å². The second-order valence-electron chi connectivity index (χ2n) is 12.7. The quantitative estimate of drug-likeness (QED) is 0.189. The highest BCUT2D eigenvalue weighted by atomic mass is 16.5. The lowest BCUT2D eigenvalue weighted by Crippen LogP contribution is -2.61. The van der Waals surface area contributed by atoms with Gasteiger partial charge in [-0.05, 0) is 65.7 Å². The fourth-order valence-corrected chi connectivity index (χ4v) is 8.91. The number of para-hydroxylation sites is 2. The third kappa shape index (κ3) is 2.63. The van der Waals surface area contributed by atoms with Crippen LogP contribution >= 0.6 is 0 Å². The first-order valence-corrected chi connectivity index (χ1v) is 15.9. The molecule has 1 atom stereocenters. The molecule has 0 saturated carbocycles. The van der Waals surface area contributed by atoms with Crippen LogP contribution in [0.25, 0.3) is 39.3 Å². The average Bonchev–Trinajstić information content (AvgIpc) is 3.69. The van der Waals surface area contributed by atoms with Gasteiger partial charge in [0.05, 0.1) is 29.5 Å². The largest absolute Gasteiger partial charge is 0.453 e. The average molecular weight is 593 g/mol. The fraction of sp³-hybridized carbons (Fsp3) is 0.0732. The van der Waals surface area contributed by atoms with Crippen LogP contribution in [0.1, 0.15) is 22.6 Å². The van der Waals surface area contributed by atoms with Crippen molar-refractivity contribution in [1.29, 1.82) is 0 Å². The Bertz CT molecular complexity index is 2480. The van der Waals surface area contributed by atoms with E-state index in [0.29, 0.717) is 0 Å². The van der Waals surface area contributed by atoms with Gasteiger partial charge in [0.1, 0.15) is 16.9 Å². The number of ether oxygens (including phenoxy) is 1. The molecule has 5 nitrogen and oxygen atoms in total. The highest BCUT2D eigenvalue weighted by Crippen LogP contribution is 2.66. The van der Waals surface area contributed by atoms with Gasteiger partial charge < -0.3 is 9.64 Å². The van der Waals surface area contributed by atoms with Gasteiger partial charge in [0.25, 0.3) is 0 Å². The SMILES string of the molecule is Cc1c(-c2ccc(-c3ccccc3)cc2)[n+](C)c2n1-c1cccc3c1C21c2c(ccc4c2N3c2ccccc2O4)-c2cccc[n+]21. The molecule has 0 radical (unpaired) electrons. The number of hydrogen-bond acceptors (Lipinski definition) is 2. The third-order valence-corrected chi connectivity index (χ3v) is 10.5. The molecule has 46 heavy (non-hydrogen) atoms. The van der Waals surface area contributed by atoms with E-state index in [4.69, 9.17) is 4.74 Å². The molecule has 0 amide bonds. The van der Waals surface area contributed by atoms with E-state index < -0.39 is 5.54 Å². The number of hydrogen-bond donors (Lipinski definition) is 0. The van der Waals surface area contributed by atoms with E-state index in [1.165, 1.54) is 67.7 Å². The molecule has 0 bridgehead atoms. The molecule has 0 fully saturated rings. The van der Waals surface area contributed by atoms with Crippen LogP contribution in [0.2, 0.25) is 0 Å². The van der Waals surface area contributed by atoms with Crippen LogP contribution in [-0.4, -0.2) is 4.57 Å². The maximum absolute atomic E-state index is 6.68.